The number of nitrogens with zero attached hydrogens (tertiary/aromatic N) is 5. The molecule has 1 N–H and O–H groups in total. The summed E-state index contributed by atoms with van der Waals surface area (Å²) in [4.78, 5) is 27.1. The van der Waals surface area contributed by atoms with Crippen molar-refractivity contribution >= 4 is 11.9 Å². The van der Waals surface area contributed by atoms with Crippen molar-refractivity contribution in [1.82, 2.24) is 19.8 Å². The lowest BCUT2D eigenvalue weighted by molar-refractivity contribution is -0.132. The summed E-state index contributed by atoms with van der Waals surface area (Å²) in [6.07, 6.45) is 3.50. The van der Waals surface area contributed by atoms with E-state index in [4.69, 9.17) is 0 Å². The minimum atomic E-state index is -0.765. The fraction of sp³-hybridized carbons (Fsp3) is 0.688. The van der Waals surface area contributed by atoms with E-state index in [2.05, 4.69) is 19.8 Å². The second-order valence-corrected chi connectivity index (χ2v) is 6.84. The van der Waals surface area contributed by atoms with Crippen LogP contribution < -0.4 is 4.90 Å². The van der Waals surface area contributed by atoms with Crippen molar-refractivity contribution in [3.05, 3.63) is 18.5 Å². The second-order valence-electron chi connectivity index (χ2n) is 6.84. The van der Waals surface area contributed by atoms with Gasteiger partial charge in [-0.05, 0) is 13.0 Å². The molecule has 2 fully saturated rings. The van der Waals surface area contributed by atoms with E-state index in [1.54, 1.807) is 17.3 Å². The first-order chi connectivity index (χ1) is 11.0. The Bertz CT molecular complexity index is 543. The Morgan fingerprint density at radius 1 is 1.30 bits per heavy atom. The number of likely N-dealkylation sites (tertiary alicyclic amines) is 1. The van der Waals surface area contributed by atoms with Gasteiger partial charge in [0.15, 0.2) is 0 Å². The van der Waals surface area contributed by atoms with Gasteiger partial charge < -0.3 is 14.9 Å². The van der Waals surface area contributed by atoms with Crippen LogP contribution in [-0.2, 0) is 4.79 Å². The Kier molecular flexibility index (Phi) is 4.50. The van der Waals surface area contributed by atoms with Crippen molar-refractivity contribution in [1.29, 1.82) is 0 Å². The van der Waals surface area contributed by atoms with Crippen molar-refractivity contribution in [2.24, 2.45) is 5.92 Å². The van der Waals surface area contributed by atoms with Gasteiger partial charge in [-0.1, -0.05) is 6.92 Å². The SMILES string of the molecule is C[C@H]1CN(C(=O)CN2CCN(c3ncccn3)CC2)C[C@@]1(C)O. The molecule has 7 heteroatoms. The van der Waals surface area contributed by atoms with Crippen LogP contribution in [0.3, 0.4) is 0 Å². The zero-order chi connectivity index (χ0) is 16.4. The summed E-state index contributed by atoms with van der Waals surface area (Å²) >= 11 is 0. The molecule has 1 aromatic heterocycles. The maximum Gasteiger partial charge on any atom is 0.236 e. The summed E-state index contributed by atoms with van der Waals surface area (Å²) in [5.74, 6) is 0.987. The summed E-state index contributed by atoms with van der Waals surface area (Å²) in [7, 11) is 0. The third kappa shape index (κ3) is 3.61. The van der Waals surface area contributed by atoms with Gasteiger partial charge in [0.1, 0.15) is 0 Å². The van der Waals surface area contributed by atoms with E-state index in [1.807, 2.05) is 19.9 Å². The summed E-state index contributed by atoms with van der Waals surface area (Å²) in [5.41, 5.74) is -0.765. The number of amides is 1. The molecule has 2 aliphatic rings. The maximum atomic E-state index is 12.4. The first-order valence-corrected chi connectivity index (χ1v) is 8.20. The van der Waals surface area contributed by atoms with Gasteiger partial charge in [-0.15, -0.1) is 0 Å². The molecular formula is C16H25N5O2. The van der Waals surface area contributed by atoms with Gasteiger partial charge >= 0.3 is 0 Å². The highest BCUT2D eigenvalue weighted by Crippen LogP contribution is 2.26. The second kappa shape index (κ2) is 6.41. The number of piperazine rings is 1. The molecule has 7 nitrogen and oxygen atoms in total. The van der Waals surface area contributed by atoms with E-state index in [0.717, 1.165) is 32.1 Å². The van der Waals surface area contributed by atoms with Crippen LogP contribution in [-0.4, -0.2) is 82.2 Å². The van der Waals surface area contributed by atoms with Crippen LogP contribution in [0.25, 0.3) is 0 Å². The molecule has 0 radical (unpaired) electrons. The van der Waals surface area contributed by atoms with Crippen LogP contribution >= 0.6 is 0 Å². The molecule has 2 saturated heterocycles. The molecule has 1 amide bonds. The average molecular weight is 319 g/mol. The standard InChI is InChI=1S/C16H25N5O2/c1-13-10-21(12-16(13,2)23)14(22)11-19-6-8-20(9-7-19)15-17-4-3-5-18-15/h3-5,13,23H,6-12H2,1-2H3/t13-,16+/m0/s1. The monoisotopic (exact) mass is 319 g/mol. The van der Waals surface area contributed by atoms with E-state index < -0.39 is 5.60 Å². The van der Waals surface area contributed by atoms with Gasteiger partial charge in [-0.25, -0.2) is 9.97 Å². The summed E-state index contributed by atoms with van der Waals surface area (Å²) in [6, 6.07) is 1.81. The first kappa shape index (κ1) is 16.1. The van der Waals surface area contributed by atoms with Crippen LogP contribution in [0.5, 0.6) is 0 Å². The highest BCUT2D eigenvalue weighted by Gasteiger charge is 2.40. The molecule has 23 heavy (non-hydrogen) atoms. The molecule has 2 aliphatic heterocycles. The number of carbonyl (C=O) groups is 1. The highest BCUT2D eigenvalue weighted by atomic mass is 16.3. The summed E-state index contributed by atoms with van der Waals surface area (Å²) < 4.78 is 0. The minimum Gasteiger partial charge on any atom is -0.388 e. The number of aromatic nitrogens is 2. The normalized spacial score (nSPS) is 29.1. The molecule has 0 aliphatic carbocycles. The lowest BCUT2D eigenvalue weighted by Gasteiger charge is -2.35. The minimum absolute atomic E-state index is 0.110. The Hall–Kier alpha value is -1.73. The Morgan fingerprint density at radius 3 is 2.52 bits per heavy atom. The van der Waals surface area contributed by atoms with Crippen LogP contribution in [0.15, 0.2) is 18.5 Å². The lowest BCUT2D eigenvalue weighted by atomic mass is 9.95. The van der Waals surface area contributed by atoms with Crippen LogP contribution in [0.1, 0.15) is 13.8 Å². The number of anilines is 1. The van der Waals surface area contributed by atoms with Gasteiger partial charge in [-0.3, -0.25) is 9.69 Å². The smallest absolute Gasteiger partial charge is 0.236 e. The van der Waals surface area contributed by atoms with Crippen LogP contribution in [0, 0.1) is 5.92 Å². The quantitative estimate of drug-likeness (QED) is 0.834. The van der Waals surface area contributed by atoms with E-state index in [-0.39, 0.29) is 11.8 Å². The van der Waals surface area contributed by atoms with E-state index in [1.165, 1.54) is 0 Å². The number of carbonyl (C=O) groups excluding carboxylic acids is 1. The largest absolute Gasteiger partial charge is 0.388 e. The topological polar surface area (TPSA) is 72.8 Å². The van der Waals surface area contributed by atoms with Gasteiger partial charge in [0.2, 0.25) is 11.9 Å². The van der Waals surface area contributed by atoms with Crippen LogP contribution in [0.4, 0.5) is 5.95 Å². The van der Waals surface area contributed by atoms with Crippen LogP contribution in [0.2, 0.25) is 0 Å². The Balaban J connectivity index is 1.48. The van der Waals surface area contributed by atoms with E-state index in [9.17, 15) is 9.90 Å². The molecular weight excluding hydrogens is 294 g/mol. The number of aliphatic hydroxyl groups is 1. The van der Waals surface area contributed by atoms with E-state index in [0.29, 0.717) is 19.6 Å². The zero-order valence-electron chi connectivity index (χ0n) is 13.9. The zero-order valence-corrected chi connectivity index (χ0v) is 13.9. The Morgan fingerprint density at radius 2 is 1.96 bits per heavy atom. The Labute approximate surface area is 136 Å². The average Bonchev–Trinajstić information content (AvgIpc) is 2.83. The molecule has 0 saturated carbocycles. The molecule has 0 bridgehead atoms. The number of hydrogen-bond donors (Lipinski definition) is 1. The van der Waals surface area contributed by atoms with Crippen molar-refractivity contribution in [3.63, 3.8) is 0 Å². The number of hydrogen-bond acceptors (Lipinski definition) is 6. The van der Waals surface area contributed by atoms with Gasteiger partial charge in [-0.2, -0.15) is 0 Å². The third-order valence-electron chi connectivity index (χ3n) is 4.99. The molecule has 2 atom stereocenters. The fourth-order valence-corrected chi connectivity index (χ4v) is 3.18. The lowest BCUT2D eigenvalue weighted by Crippen LogP contribution is -2.50. The van der Waals surface area contributed by atoms with E-state index >= 15 is 0 Å². The van der Waals surface area contributed by atoms with Crippen molar-refractivity contribution < 1.29 is 9.90 Å². The maximum absolute atomic E-state index is 12.4. The molecule has 0 aromatic carbocycles. The van der Waals surface area contributed by atoms with Gasteiger partial charge in [0.05, 0.1) is 12.1 Å². The predicted octanol–water partition coefficient (Wildman–Crippen LogP) is -0.172. The molecule has 126 valence electrons. The molecule has 0 unspecified atom stereocenters. The van der Waals surface area contributed by atoms with Crippen molar-refractivity contribution in [2.45, 2.75) is 19.4 Å². The molecule has 1 aromatic rings. The predicted molar refractivity (Wildman–Crippen MR) is 87.1 cm³/mol. The van der Waals surface area contributed by atoms with Gasteiger partial charge in [0, 0.05) is 57.6 Å². The molecule has 0 spiro atoms. The first-order valence-electron chi connectivity index (χ1n) is 8.20. The molecule has 3 rings (SSSR count). The van der Waals surface area contributed by atoms with Gasteiger partial charge in [0.25, 0.3) is 0 Å². The number of β-amino-alcohol motifs (C(OH)–C–C–N with tert-alkyl or cyclic N) is 1. The fourth-order valence-electron chi connectivity index (χ4n) is 3.18. The summed E-state index contributed by atoms with van der Waals surface area (Å²) in [6.45, 7) is 8.60. The summed E-state index contributed by atoms with van der Waals surface area (Å²) in [5, 5.41) is 10.2. The van der Waals surface area contributed by atoms with Crippen molar-refractivity contribution in [3.8, 4) is 0 Å². The molecule has 3 heterocycles. The highest BCUT2D eigenvalue weighted by molar-refractivity contribution is 5.78. The third-order valence-corrected chi connectivity index (χ3v) is 4.99. The van der Waals surface area contributed by atoms with Crippen molar-refractivity contribution in [2.75, 3.05) is 50.7 Å². The number of rotatable bonds is 3.